The Bertz CT molecular complexity index is 303. The molecule has 98 valence electrons. The van der Waals surface area contributed by atoms with Crippen LogP contribution in [0.3, 0.4) is 0 Å². The van der Waals surface area contributed by atoms with Gasteiger partial charge in [0.1, 0.15) is 0 Å². The Morgan fingerprint density at radius 2 is 2.00 bits per heavy atom. The van der Waals surface area contributed by atoms with E-state index in [2.05, 4.69) is 5.32 Å². The van der Waals surface area contributed by atoms with Crippen LogP contribution in [0.2, 0.25) is 0 Å². The van der Waals surface area contributed by atoms with Gasteiger partial charge >= 0.3 is 5.97 Å². The van der Waals surface area contributed by atoms with E-state index in [0.717, 1.165) is 19.3 Å². The zero-order valence-corrected chi connectivity index (χ0v) is 10.6. The first-order chi connectivity index (χ1) is 7.72. The summed E-state index contributed by atoms with van der Waals surface area (Å²) in [7, 11) is 0. The molecule has 1 amide bonds. The number of carbonyl (C=O) groups excluding carboxylic acids is 1. The van der Waals surface area contributed by atoms with E-state index in [1.165, 1.54) is 0 Å². The Hall–Kier alpha value is -1.10. The van der Waals surface area contributed by atoms with Crippen molar-refractivity contribution in [2.45, 2.75) is 63.5 Å². The zero-order chi connectivity index (χ0) is 13.1. The molecule has 0 spiro atoms. The maximum Gasteiger partial charge on any atom is 0.305 e. The van der Waals surface area contributed by atoms with Gasteiger partial charge in [-0.05, 0) is 39.5 Å². The summed E-state index contributed by atoms with van der Waals surface area (Å²) in [5, 5.41) is 11.7. The number of hydrogen-bond donors (Lipinski definition) is 3. The highest BCUT2D eigenvalue weighted by atomic mass is 16.4. The first-order valence-corrected chi connectivity index (χ1v) is 6.04. The molecule has 0 aromatic carbocycles. The van der Waals surface area contributed by atoms with Crippen LogP contribution >= 0.6 is 0 Å². The summed E-state index contributed by atoms with van der Waals surface area (Å²) in [6.45, 7) is 3.74. The molecule has 0 radical (unpaired) electrons. The van der Waals surface area contributed by atoms with Gasteiger partial charge in [-0.2, -0.15) is 0 Å². The van der Waals surface area contributed by atoms with Gasteiger partial charge in [0.2, 0.25) is 5.91 Å². The number of nitrogens with two attached hydrogens (primary N) is 1. The van der Waals surface area contributed by atoms with Gasteiger partial charge in [-0.1, -0.05) is 0 Å². The summed E-state index contributed by atoms with van der Waals surface area (Å²) in [6.07, 6.45) is 3.47. The van der Waals surface area contributed by atoms with E-state index in [1.807, 2.05) is 13.8 Å². The van der Waals surface area contributed by atoms with Gasteiger partial charge in [0.05, 0.1) is 12.0 Å². The van der Waals surface area contributed by atoms with Crippen LogP contribution in [-0.4, -0.2) is 28.1 Å². The highest BCUT2D eigenvalue weighted by Gasteiger charge is 2.40. The average Bonchev–Trinajstić information content (AvgIpc) is 2.09. The molecule has 0 heterocycles. The lowest BCUT2D eigenvalue weighted by molar-refractivity contribution is -0.140. The van der Waals surface area contributed by atoms with Crippen molar-refractivity contribution in [1.82, 2.24) is 5.32 Å². The smallest absolute Gasteiger partial charge is 0.305 e. The Balaban J connectivity index is 2.41. The van der Waals surface area contributed by atoms with Crippen LogP contribution in [0.5, 0.6) is 0 Å². The summed E-state index contributed by atoms with van der Waals surface area (Å²) in [6, 6.07) is 0. The predicted molar refractivity (Wildman–Crippen MR) is 64.5 cm³/mol. The second-order valence-corrected chi connectivity index (χ2v) is 5.74. The summed E-state index contributed by atoms with van der Waals surface area (Å²) in [4.78, 5) is 22.5. The molecular formula is C12H22N2O3. The molecule has 1 saturated carbocycles. The Morgan fingerprint density at radius 3 is 2.35 bits per heavy atom. The molecule has 5 heteroatoms. The minimum atomic E-state index is -0.857. The van der Waals surface area contributed by atoms with E-state index in [1.54, 1.807) is 0 Å². The van der Waals surface area contributed by atoms with Gasteiger partial charge in [-0.25, -0.2) is 0 Å². The fraction of sp³-hybridized carbons (Fsp3) is 0.833. The minimum absolute atomic E-state index is 0.0186. The van der Waals surface area contributed by atoms with E-state index in [0.29, 0.717) is 12.8 Å². The first kappa shape index (κ1) is 14.0. The summed E-state index contributed by atoms with van der Waals surface area (Å²) in [5.41, 5.74) is 4.94. The molecule has 0 aromatic heterocycles. The monoisotopic (exact) mass is 242 g/mol. The molecule has 4 N–H and O–H groups in total. The predicted octanol–water partition coefficient (Wildman–Crippen LogP) is 1.02. The third-order valence-corrected chi connectivity index (χ3v) is 3.20. The molecule has 1 fully saturated rings. The molecule has 0 saturated heterocycles. The molecule has 1 aliphatic rings. The number of carboxylic acid groups (broad SMARTS) is 1. The van der Waals surface area contributed by atoms with Crippen LogP contribution in [0, 0.1) is 0 Å². The molecule has 1 aliphatic carbocycles. The van der Waals surface area contributed by atoms with E-state index in [4.69, 9.17) is 10.8 Å². The van der Waals surface area contributed by atoms with Crippen molar-refractivity contribution in [2.24, 2.45) is 5.73 Å². The SMILES string of the molecule is CC(C)(N)CCC(=O)NC1(CC(=O)O)CCC1. The lowest BCUT2D eigenvalue weighted by Crippen LogP contribution is -2.54. The van der Waals surface area contributed by atoms with Gasteiger partial charge < -0.3 is 16.2 Å². The summed E-state index contributed by atoms with van der Waals surface area (Å²) in [5.74, 6) is -0.950. The molecule has 17 heavy (non-hydrogen) atoms. The fourth-order valence-electron chi connectivity index (χ4n) is 2.03. The van der Waals surface area contributed by atoms with Crippen LogP contribution in [0.4, 0.5) is 0 Å². The quantitative estimate of drug-likeness (QED) is 0.648. The first-order valence-electron chi connectivity index (χ1n) is 6.04. The minimum Gasteiger partial charge on any atom is -0.481 e. The molecule has 0 unspecified atom stereocenters. The third-order valence-electron chi connectivity index (χ3n) is 3.20. The molecule has 5 nitrogen and oxygen atoms in total. The summed E-state index contributed by atoms with van der Waals surface area (Å²) < 4.78 is 0. The molecule has 0 aromatic rings. The van der Waals surface area contributed by atoms with Gasteiger partial charge in [0, 0.05) is 12.0 Å². The number of carbonyl (C=O) groups is 2. The lowest BCUT2D eigenvalue weighted by atomic mass is 9.74. The largest absolute Gasteiger partial charge is 0.481 e. The van der Waals surface area contributed by atoms with Crippen molar-refractivity contribution in [3.63, 3.8) is 0 Å². The van der Waals surface area contributed by atoms with Crippen LogP contribution in [0.25, 0.3) is 0 Å². The maximum atomic E-state index is 11.7. The highest BCUT2D eigenvalue weighted by Crippen LogP contribution is 2.35. The molecule has 1 rings (SSSR count). The standard InChI is InChI=1S/C12H22N2O3/c1-11(2,13)7-4-9(15)14-12(5-3-6-12)8-10(16)17/h3-8,13H2,1-2H3,(H,14,15)(H,16,17). The van der Waals surface area contributed by atoms with Crippen LogP contribution in [-0.2, 0) is 9.59 Å². The van der Waals surface area contributed by atoms with E-state index >= 15 is 0 Å². The molecular weight excluding hydrogens is 220 g/mol. The van der Waals surface area contributed by atoms with Gasteiger partial charge in [0.25, 0.3) is 0 Å². The van der Waals surface area contributed by atoms with E-state index < -0.39 is 11.5 Å². The number of rotatable bonds is 6. The van der Waals surface area contributed by atoms with Crippen LogP contribution < -0.4 is 11.1 Å². The van der Waals surface area contributed by atoms with Gasteiger partial charge in [-0.3, -0.25) is 9.59 Å². The van der Waals surface area contributed by atoms with Crippen LogP contribution in [0.1, 0.15) is 52.4 Å². The van der Waals surface area contributed by atoms with Gasteiger partial charge in [0.15, 0.2) is 0 Å². The topological polar surface area (TPSA) is 92.4 Å². The van der Waals surface area contributed by atoms with Crippen molar-refractivity contribution < 1.29 is 14.7 Å². The van der Waals surface area contributed by atoms with E-state index in [9.17, 15) is 9.59 Å². The summed E-state index contributed by atoms with van der Waals surface area (Å²) >= 11 is 0. The normalized spacial score (nSPS) is 18.3. The maximum absolute atomic E-state index is 11.7. The van der Waals surface area contributed by atoms with Crippen molar-refractivity contribution in [3.05, 3.63) is 0 Å². The third kappa shape index (κ3) is 4.73. The zero-order valence-electron chi connectivity index (χ0n) is 10.6. The van der Waals surface area contributed by atoms with Crippen LogP contribution in [0.15, 0.2) is 0 Å². The number of amides is 1. The van der Waals surface area contributed by atoms with Crippen molar-refractivity contribution in [3.8, 4) is 0 Å². The number of aliphatic carboxylic acids is 1. The Labute approximate surface area is 102 Å². The second kappa shape index (κ2) is 5.04. The van der Waals surface area contributed by atoms with Crippen molar-refractivity contribution >= 4 is 11.9 Å². The average molecular weight is 242 g/mol. The molecule has 0 bridgehead atoms. The second-order valence-electron chi connectivity index (χ2n) is 5.74. The van der Waals surface area contributed by atoms with Gasteiger partial charge in [-0.15, -0.1) is 0 Å². The molecule has 0 aliphatic heterocycles. The Kier molecular flexibility index (Phi) is 4.14. The number of nitrogens with one attached hydrogen (secondary N) is 1. The molecule has 0 atom stereocenters. The Morgan fingerprint density at radius 1 is 1.41 bits per heavy atom. The van der Waals surface area contributed by atoms with Crippen molar-refractivity contribution in [1.29, 1.82) is 0 Å². The fourth-order valence-corrected chi connectivity index (χ4v) is 2.03. The lowest BCUT2D eigenvalue weighted by Gasteiger charge is -2.41. The number of hydrogen-bond acceptors (Lipinski definition) is 3. The van der Waals surface area contributed by atoms with E-state index in [-0.39, 0.29) is 17.9 Å². The van der Waals surface area contributed by atoms with Crippen molar-refractivity contribution in [2.75, 3.05) is 0 Å². The highest BCUT2D eigenvalue weighted by molar-refractivity contribution is 5.78. The number of carboxylic acids is 1.